The molecule has 2 fully saturated rings. The highest BCUT2D eigenvalue weighted by Gasteiger charge is 2.39. The summed E-state index contributed by atoms with van der Waals surface area (Å²) >= 11 is 0. The number of nitrogens with zero attached hydrogens (tertiary/aromatic N) is 3. The van der Waals surface area contributed by atoms with Crippen LogP contribution in [0.25, 0.3) is 0 Å². The molecule has 1 aromatic heterocycles. The van der Waals surface area contributed by atoms with Gasteiger partial charge in [-0.25, -0.2) is 0 Å². The fourth-order valence-electron chi connectivity index (χ4n) is 4.26. The normalized spacial score (nSPS) is 23.1. The Labute approximate surface area is 156 Å². The Kier molecular flexibility index (Phi) is 3.82. The van der Waals surface area contributed by atoms with Crippen LogP contribution in [0.1, 0.15) is 66.6 Å². The second kappa shape index (κ2) is 6.23. The van der Waals surface area contributed by atoms with E-state index in [0.717, 1.165) is 38.5 Å². The number of amides is 1. The van der Waals surface area contributed by atoms with Gasteiger partial charge in [0.15, 0.2) is 17.3 Å². The van der Waals surface area contributed by atoms with Gasteiger partial charge in [0.05, 0.1) is 5.54 Å². The summed E-state index contributed by atoms with van der Waals surface area (Å²) in [5, 5.41) is 4.14. The molecule has 1 aromatic carbocycles. The molecule has 0 radical (unpaired) electrons. The van der Waals surface area contributed by atoms with Crippen LogP contribution in [0.3, 0.4) is 0 Å². The Hall–Kier alpha value is -2.61. The zero-order valence-electron chi connectivity index (χ0n) is 15.0. The van der Waals surface area contributed by atoms with Gasteiger partial charge in [-0.1, -0.05) is 18.0 Å². The molecule has 8 nitrogen and oxygen atoms in total. The molecule has 8 heteroatoms. The summed E-state index contributed by atoms with van der Waals surface area (Å²) in [6.45, 7) is 0.842. The van der Waals surface area contributed by atoms with Gasteiger partial charge in [-0.05, 0) is 43.9 Å². The molecule has 0 spiro atoms. The number of benzene rings is 1. The Morgan fingerprint density at radius 2 is 2.00 bits per heavy atom. The van der Waals surface area contributed by atoms with Gasteiger partial charge in [0.2, 0.25) is 12.7 Å². The highest BCUT2D eigenvalue weighted by atomic mass is 16.7. The molecule has 1 saturated heterocycles. The molecule has 2 N–H and O–H groups in total. The zero-order chi connectivity index (χ0) is 18.4. The third kappa shape index (κ3) is 2.75. The number of rotatable bonds is 3. The fourth-order valence-corrected chi connectivity index (χ4v) is 4.26. The number of hydrogen-bond acceptors (Lipinski definition) is 7. The standard InChI is InChI=1S/C19H22N4O4/c20-19(7-1-2-8-19)18-21-16(27-22-18)13-4-3-9-23(13)17(24)12-5-6-14-15(10-12)26-11-25-14/h5-6,10,13H,1-4,7-9,11,20H2. The fraction of sp³-hybridized carbons (Fsp3) is 0.526. The van der Waals surface area contributed by atoms with Crippen LogP contribution in [-0.2, 0) is 5.54 Å². The first kappa shape index (κ1) is 16.6. The summed E-state index contributed by atoms with van der Waals surface area (Å²) in [5.41, 5.74) is 6.51. The minimum atomic E-state index is -0.494. The van der Waals surface area contributed by atoms with E-state index in [1.165, 1.54) is 0 Å². The number of ether oxygens (including phenoxy) is 2. The molecule has 2 aliphatic heterocycles. The summed E-state index contributed by atoms with van der Waals surface area (Å²) in [7, 11) is 0. The van der Waals surface area contributed by atoms with E-state index < -0.39 is 5.54 Å². The van der Waals surface area contributed by atoms with Crippen molar-refractivity contribution in [3.05, 3.63) is 35.5 Å². The Morgan fingerprint density at radius 1 is 1.19 bits per heavy atom. The van der Waals surface area contributed by atoms with Crippen molar-refractivity contribution < 1.29 is 18.8 Å². The van der Waals surface area contributed by atoms with E-state index in [4.69, 9.17) is 19.7 Å². The lowest BCUT2D eigenvalue weighted by molar-refractivity contribution is 0.0709. The first-order valence-corrected chi connectivity index (χ1v) is 9.48. The van der Waals surface area contributed by atoms with Crippen molar-refractivity contribution in [2.75, 3.05) is 13.3 Å². The van der Waals surface area contributed by atoms with E-state index >= 15 is 0 Å². The van der Waals surface area contributed by atoms with Crippen LogP contribution in [0.2, 0.25) is 0 Å². The lowest BCUT2D eigenvalue weighted by Gasteiger charge is -2.22. The molecular weight excluding hydrogens is 348 g/mol. The van der Waals surface area contributed by atoms with Crippen molar-refractivity contribution in [1.29, 1.82) is 0 Å². The molecule has 142 valence electrons. The van der Waals surface area contributed by atoms with Crippen LogP contribution in [0.15, 0.2) is 22.7 Å². The Bertz CT molecular complexity index is 874. The quantitative estimate of drug-likeness (QED) is 0.885. The van der Waals surface area contributed by atoms with Gasteiger partial charge in [-0.2, -0.15) is 4.98 Å². The number of carbonyl (C=O) groups excluding carboxylic acids is 1. The van der Waals surface area contributed by atoms with Gasteiger partial charge in [-0.3, -0.25) is 4.79 Å². The first-order valence-electron chi connectivity index (χ1n) is 9.48. The molecule has 1 atom stereocenters. The third-order valence-corrected chi connectivity index (χ3v) is 5.80. The van der Waals surface area contributed by atoms with Crippen LogP contribution in [0, 0.1) is 0 Å². The van der Waals surface area contributed by atoms with E-state index in [-0.39, 0.29) is 18.7 Å². The topological polar surface area (TPSA) is 104 Å². The van der Waals surface area contributed by atoms with Gasteiger partial charge in [0.25, 0.3) is 5.91 Å². The van der Waals surface area contributed by atoms with Crippen LogP contribution >= 0.6 is 0 Å². The predicted molar refractivity (Wildman–Crippen MR) is 94.2 cm³/mol. The van der Waals surface area contributed by atoms with Crippen molar-refractivity contribution in [1.82, 2.24) is 15.0 Å². The summed E-state index contributed by atoms with van der Waals surface area (Å²) < 4.78 is 16.2. The number of fused-ring (bicyclic) bond motifs is 1. The summed E-state index contributed by atoms with van der Waals surface area (Å²) in [6, 6.07) is 5.04. The molecule has 1 aliphatic carbocycles. The number of carbonyl (C=O) groups is 1. The van der Waals surface area contributed by atoms with Gasteiger partial charge in [0, 0.05) is 12.1 Å². The molecule has 1 saturated carbocycles. The smallest absolute Gasteiger partial charge is 0.254 e. The van der Waals surface area contributed by atoms with E-state index in [1.54, 1.807) is 23.1 Å². The SMILES string of the molecule is NC1(c2noc(C3CCCN3C(=O)c3ccc4c(c3)OCO4)n2)CCCC1. The average molecular weight is 370 g/mol. The van der Waals surface area contributed by atoms with Crippen LogP contribution in [0.5, 0.6) is 11.5 Å². The lowest BCUT2D eigenvalue weighted by Crippen LogP contribution is -2.34. The monoisotopic (exact) mass is 370 g/mol. The summed E-state index contributed by atoms with van der Waals surface area (Å²) in [4.78, 5) is 19.5. The number of nitrogens with two attached hydrogens (primary N) is 1. The summed E-state index contributed by atoms with van der Waals surface area (Å²) in [5.74, 6) is 2.24. The van der Waals surface area contributed by atoms with Crippen molar-refractivity contribution in [2.45, 2.75) is 50.1 Å². The number of aromatic nitrogens is 2. The van der Waals surface area contributed by atoms with Crippen molar-refractivity contribution in [3.8, 4) is 11.5 Å². The van der Waals surface area contributed by atoms with E-state index in [0.29, 0.717) is 35.3 Å². The number of likely N-dealkylation sites (tertiary alicyclic amines) is 1. The largest absolute Gasteiger partial charge is 0.454 e. The molecule has 3 heterocycles. The van der Waals surface area contributed by atoms with Gasteiger partial charge >= 0.3 is 0 Å². The highest BCUT2D eigenvalue weighted by molar-refractivity contribution is 5.95. The predicted octanol–water partition coefficient (Wildman–Crippen LogP) is 2.50. The van der Waals surface area contributed by atoms with E-state index in [2.05, 4.69) is 10.1 Å². The average Bonchev–Trinajstić information content (AvgIpc) is 3.46. The van der Waals surface area contributed by atoms with Crippen molar-refractivity contribution >= 4 is 5.91 Å². The number of hydrogen-bond donors (Lipinski definition) is 1. The van der Waals surface area contributed by atoms with Crippen LogP contribution < -0.4 is 15.2 Å². The van der Waals surface area contributed by atoms with Gasteiger partial charge in [0.1, 0.15) is 6.04 Å². The second-order valence-corrected chi connectivity index (χ2v) is 7.54. The van der Waals surface area contributed by atoms with Crippen molar-refractivity contribution in [2.24, 2.45) is 5.73 Å². The zero-order valence-corrected chi connectivity index (χ0v) is 15.0. The van der Waals surface area contributed by atoms with Gasteiger partial charge in [-0.15, -0.1) is 0 Å². The molecule has 0 bridgehead atoms. The van der Waals surface area contributed by atoms with Gasteiger partial charge < -0.3 is 24.6 Å². The Balaban J connectivity index is 1.39. The molecule has 27 heavy (non-hydrogen) atoms. The summed E-state index contributed by atoms with van der Waals surface area (Å²) in [6.07, 6.45) is 5.60. The van der Waals surface area contributed by atoms with Crippen LogP contribution in [-0.4, -0.2) is 34.3 Å². The maximum absolute atomic E-state index is 13.1. The Morgan fingerprint density at radius 3 is 2.85 bits per heavy atom. The molecule has 5 rings (SSSR count). The first-order chi connectivity index (χ1) is 13.1. The lowest BCUT2D eigenvalue weighted by atomic mass is 9.98. The highest BCUT2D eigenvalue weighted by Crippen LogP contribution is 2.38. The minimum absolute atomic E-state index is 0.0705. The third-order valence-electron chi connectivity index (χ3n) is 5.80. The minimum Gasteiger partial charge on any atom is -0.454 e. The van der Waals surface area contributed by atoms with Crippen LogP contribution in [0.4, 0.5) is 0 Å². The molecular formula is C19H22N4O4. The molecule has 2 aromatic rings. The van der Waals surface area contributed by atoms with E-state index in [9.17, 15) is 4.79 Å². The maximum atomic E-state index is 13.1. The van der Waals surface area contributed by atoms with E-state index in [1.807, 2.05) is 0 Å². The second-order valence-electron chi connectivity index (χ2n) is 7.54. The molecule has 1 amide bonds. The molecule has 1 unspecified atom stereocenters. The van der Waals surface area contributed by atoms with Crippen molar-refractivity contribution in [3.63, 3.8) is 0 Å². The maximum Gasteiger partial charge on any atom is 0.254 e. The molecule has 3 aliphatic rings.